The molecule has 3 nitrogen and oxygen atoms in total. The van der Waals surface area contributed by atoms with Crippen LogP contribution in [0.3, 0.4) is 0 Å². The molecule has 0 atom stereocenters. The first-order chi connectivity index (χ1) is 9.51. The molecule has 108 valence electrons. The number of rotatable bonds is 5. The van der Waals surface area contributed by atoms with E-state index in [9.17, 15) is 5.11 Å². The summed E-state index contributed by atoms with van der Waals surface area (Å²) in [6.45, 7) is 8.77. The van der Waals surface area contributed by atoms with Gasteiger partial charge in [0, 0.05) is 0 Å². The van der Waals surface area contributed by atoms with Crippen LogP contribution in [0.5, 0.6) is 5.75 Å². The van der Waals surface area contributed by atoms with Gasteiger partial charge in [-0.05, 0) is 37.0 Å². The molecule has 4 heteroatoms. The van der Waals surface area contributed by atoms with Crippen molar-refractivity contribution in [1.29, 1.82) is 0 Å². The highest BCUT2D eigenvalue weighted by molar-refractivity contribution is 7.11. The topological polar surface area (TPSA) is 42.4 Å². The van der Waals surface area contributed by atoms with Crippen LogP contribution >= 0.6 is 11.3 Å². The Balaban J connectivity index is 2.13. The molecule has 0 aliphatic rings. The molecule has 1 heterocycles. The number of nitrogens with zero attached hydrogens (tertiary/aromatic N) is 1. The van der Waals surface area contributed by atoms with Crippen molar-refractivity contribution >= 4 is 11.3 Å². The monoisotopic (exact) mass is 291 g/mol. The zero-order valence-corrected chi connectivity index (χ0v) is 13.3. The lowest BCUT2D eigenvalue weighted by Crippen LogP contribution is -1.98. The van der Waals surface area contributed by atoms with Crippen LogP contribution in [0.25, 0.3) is 0 Å². The molecule has 0 radical (unpaired) electrons. The molecule has 0 amide bonds. The number of aliphatic hydroxyl groups is 1. The standard InChI is InChI=1S/C16H21NO2S/c1-10(2)16-14(8-18)20-15(17-16)9-19-13-7-11(3)5-6-12(13)4/h5-7,10,18H,8-9H2,1-4H3. The minimum Gasteiger partial charge on any atom is -0.486 e. The number of aromatic nitrogens is 1. The van der Waals surface area contributed by atoms with Crippen molar-refractivity contribution < 1.29 is 9.84 Å². The van der Waals surface area contributed by atoms with Crippen molar-refractivity contribution in [2.24, 2.45) is 0 Å². The molecule has 1 aromatic heterocycles. The SMILES string of the molecule is Cc1ccc(C)c(OCc2nc(C(C)C)c(CO)s2)c1. The minimum absolute atomic E-state index is 0.0503. The van der Waals surface area contributed by atoms with E-state index in [-0.39, 0.29) is 6.61 Å². The minimum atomic E-state index is 0.0503. The van der Waals surface area contributed by atoms with Crippen LogP contribution in [0, 0.1) is 13.8 Å². The van der Waals surface area contributed by atoms with Gasteiger partial charge in [0.05, 0.1) is 17.2 Å². The Hall–Kier alpha value is -1.39. The first kappa shape index (κ1) is 15.0. The van der Waals surface area contributed by atoms with Crippen LogP contribution in [-0.2, 0) is 13.2 Å². The van der Waals surface area contributed by atoms with Gasteiger partial charge in [0.2, 0.25) is 0 Å². The maximum absolute atomic E-state index is 9.38. The summed E-state index contributed by atoms with van der Waals surface area (Å²) < 4.78 is 5.86. The Morgan fingerprint density at radius 3 is 2.65 bits per heavy atom. The molecule has 0 bridgehead atoms. The second-order valence-corrected chi connectivity index (χ2v) is 6.45. The fourth-order valence-corrected chi connectivity index (χ4v) is 3.04. The number of thiazole rings is 1. The van der Waals surface area contributed by atoms with Crippen LogP contribution in [0.2, 0.25) is 0 Å². The second-order valence-electron chi connectivity index (χ2n) is 5.29. The van der Waals surface area contributed by atoms with E-state index in [4.69, 9.17) is 4.74 Å². The lowest BCUT2D eigenvalue weighted by molar-refractivity contribution is 0.283. The van der Waals surface area contributed by atoms with Gasteiger partial charge in [0.15, 0.2) is 0 Å². The highest BCUT2D eigenvalue weighted by atomic mass is 32.1. The van der Waals surface area contributed by atoms with Crippen molar-refractivity contribution in [2.45, 2.75) is 46.8 Å². The molecule has 0 aliphatic carbocycles. The van der Waals surface area contributed by atoms with Crippen molar-refractivity contribution in [1.82, 2.24) is 4.98 Å². The third kappa shape index (κ3) is 3.38. The number of aliphatic hydroxyl groups excluding tert-OH is 1. The van der Waals surface area contributed by atoms with E-state index in [0.717, 1.165) is 26.9 Å². The number of hydrogen-bond acceptors (Lipinski definition) is 4. The van der Waals surface area contributed by atoms with Gasteiger partial charge in [-0.1, -0.05) is 26.0 Å². The molecule has 1 aromatic carbocycles. The highest BCUT2D eigenvalue weighted by Crippen LogP contribution is 2.27. The average molecular weight is 291 g/mol. The summed E-state index contributed by atoms with van der Waals surface area (Å²) in [6, 6.07) is 6.18. The smallest absolute Gasteiger partial charge is 0.140 e. The van der Waals surface area contributed by atoms with Gasteiger partial charge in [0.1, 0.15) is 17.4 Å². The maximum atomic E-state index is 9.38. The third-order valence-corrected chi connectivity index (χ3v) is 4.19. The maximum Gasteiger partial charge on any atom is 0.140 e. The first-order valence-corrected chi connectivity index (χ1v) is 7.62. The van der Waals surface area contributed by atoms with E-state index < -0.39 is 0 Å². The molecular weight excluding hydrogens is 270 g/mol. The van der Waals surface area contributed by atoms with E-state index in [1.54, 1.807) is 0 Å². The van der Waals surface area contributed by atoms with Crippen molar-refractivity contribution in [2.75, 3.05) is 0 Å². The van der Waals surface area contributed by atoms with Crippen LogP contribution in [-0.4, -0.2) is 10.1 Å². The van der Waals surface area contributed by atoms with E-state index in [1.165, 1.54) is 16.9 Å². The zero-order chi connectivity index (χ0) is 14.7. The molecule has 0 fully saturated rings. The summed E-state index contributed by atoms with van der Waals surface area (Å²) >= 11 is 1.53. The summed E-state index contributed by atoms with van der Waals surface area (Å²) in [5.41, 5.74) is 3.29. The number of ether oxygens (including phenoxy) is 1. The van der Waals surface area contributed by atoms with Gasteiger partial charge in [0.25, 0.3) is 0 Å². The second kappa shape index (κ2) is 6.37. The Morgan fingerprint density at radius 1 is 1.30 bits per heavy atom. The summed E-state index contributed by atoms with van der Waals surface area (Å²) in [4.78, 5) is 5.53. The quantitative estimate of drug-likeness (QED) is 0.907. The molecular formula is C16H21NO2S. The zero-order valence-electron chi connectivity index (χ0n) is 12.4. The molecule has 0 saturated heterocycles. The summed E-state index contributed by atoms with van der Waals surface area (Å²) in [5.74, 6) is 1.22. The van der Waals surface area contributed by atoms with Crippen LogP contribution in [0.1, 0.15) is 46.5 Å². The number of benzene rings is 1. The van der Waals surface area contributed by atoms with Gasteiger partial charge in [-0.3, -0.25) is 0 Å². The van der Waals surface area contributed by atoms with E-state index in [0.29, 0.717) is 12.5 Å². The number of hydrogen-bond donors (Lipinski definition) is 1. The Bertz CT molecular complexity index is 590. The predicted octanol–water partition coefficient (Wildman–Crippen LogP) is 3.95. The van der Waals surface area contributed by atoms with Gasteiger partial charge in [-0.25, -0.2) is 4.98 Å². The first-order valence-electron chi connectivity index (χ1n) is 6.80. The Kier molecular flexibility index (Phi) is 4.78. The van der Waals surface area contributed by atoms with Crippen molar-refractivity contribution in [3.8, 4) is 5.75 Å². The normalized spacial score (nSPS) is 11.1. The fraction of sp³-hybridized carbons (Fsp3) is 0.438. The van der Waals surface area contributed by atoms with Crippen molar-refractivity contribution in [3.63, 3.8) is 0 Å². The molecule has 0 spiro atoms. The predicted molar refractivity (Wildman–Crippen MR) is 82.4 cm³/mol. The average Bonchev–Trinajstić information content (AvgIpc) is 2.83. The molecule has 20 heavy (non-hydrogen) atoms. The lowest BCUT2D eigenvalue weighted by atomic mass is 10.1. The third-order valence-electron chi connectivity index (χ3n) is 3.16. The molecule has 0 saturated carbocycles. The molecule has 1 N–H and O–H groups in total. The van der Waals surface area contributed by atoms with Gasteiger partial charge < -0.3 is 9.84 Å². The van der Waals surface area contributed by atoms with Crippen molar-refractivity contribution in [3.05, 3.63) is 44.9 Å². The lowest BCUT2D eigenvalue weighted by Gasteiger charge is -2.08. The summed E-state index contributed by atoms with van der Waals surface area (Å²) in [5, 5.41) is 10.3. The molecule has 0 aliphatic heterocycles. The molecule has 2 rings (SSSR count). The van der Waals surface area contributed by atoms with Crippen LogP contribution in [0.4, 0.5) is 0 Å². The molecule has 0 unspecified atom stereocenters. The van der Waals surface area contributed by atoms with Crippen LogP contribution < -0.4 is 4.74 Å². The summed E-state index contributed by atoms with van der Waals surface area (Å²) in [6.07, 6.45) is 0. The van der Waals surface area contributed by atoms with E-state index >= 15 is 0 Å². The van der Waals surface area contributed by atoms with Gasteiger partial charge >= 0.3 is 0 Å². The van der Waals surface area contributed by atoms with Gasteiger partial charge in [-0.15, -0.1) is 11.3 Å². The Labute approximate surface area is 124 Å². The number of aryl methyl sites for hydroxylation is 2. The van der Waals surface area contributed by atoms with Gasteiger partial charge in [-0.2, -0.15) is 0 Å². The largest absolute Gasteiger partial charge is 0.486 e. The summed E-state index contributed by atoms with van der Waals surface area (Å²) in [7, 11) is 0. The van der Waals surface area contributed by atoms with E-state index in [2.05, 4.69) is 37.9 Å². The fourth-order valence-electron chi connectivity index (χ4n) is 2.04. The Morgan fingerprint density at radius 2 is 2.05 bits per heavy atom. The highest BCUT2D eigenvalue weighted by Gasteiger charge is 2.14. The van der Waals surface area contributed by atoms with E-state index in [1.807, 2.05) is 13.0 Å². The van der Waals surface area contributed by atoms with Crippen LogP contribution in [0.15, 0.2) is 18.2 Å². The molecule has 2 aromatic rings.